The van der Waals surface area contributed by atoms with Crippen LogP contribution < -0.4 is 10.1 Å². The van der Waals surface area contributed by atoms with Gasteiger partial charge in [0.15, 0.2) is 10.8 Å². The van der Waals surface area contributed by atoms with E-state index in [1.54, 1.807) is 6.92 Å². The van der Waals surface area contributed by atoms with Crippen molar-refractivity contribution in [2.45, 2.75) is 41.2 Å². The van der Waals surface area contributed by atoms with E-state index in [0.29, 0.717) is 16.5 Å². The average Bonchev–Trinajstić information content (AvgIpc) is 3.11. The first-order valence-corrected chi connectivity index (χ1v) is 9.07. The Kier molecular flexibility index (Phi) is 5.08. The molecule has 2 aromatic heterocycles. The van der Waals surface area contributed by atoms with E-state index in [1.165, 1.54) is 16.9 Å². The number of hydrogen-bond acceptors (Lipinski definition) is 6. The molecule has 0 saturated carbocycles. The molecule has 0 spiro atoms. The summed E-state index contributed by atoms with van der Waals surface area (Å²) in [4.78, 5) is 17.9. The number of hydrogen-bond donors (Lipinski definition) is 1. The van der Waals surface area contributed by atoms with Crippen LogP contribution >= 0.6 is 11.3 Å². The van der Waals surface area contributed by atoms with Crippen molar-refractivity contribution >= 4 is 22.4 Å². The van der Waals surface area contributed by atoms with Gasteiger partial charge in [-0.25, -0.2) is 4.98 Å². The summed E-state index contributed by atoms with van der Waals surface area (Å²) in [7, 11) is 0. The van der Waals surface area contributed by atoms with Crippen LogP contribution in [-0.4, -0.2) is 16.0 Å². The second-order valence-electron chi connectivity index (χ2n) is 6.22. The first-order chi connectivity index (χ1) is 12.3. The molecule has 1 N–H and O–H groups in total. The van der Waals surface area contributed by atoms with Gasteiger partial charge in [-0.05, 0) is 57.9 Å². The molecule has 0 unspecified atom stereocenters. The van der Waals surface area contributed by atoms with Gasteiger partial charge in [-0.15, -0.1) is 11.3 Å². The summed E-state index contributed by atoms with van der Waals surface area (Å²) in [6.45, 7) is 9.92. The van der Waals surface area contributed by atoms with Crippen molar-refractivity contribution in [2.24, 2.45) is 0 Å². The molecule has 0 aliphatic rings. The molecule has 1 amide bonds. The van der Waals surface area contributed by atoms with Gasteiger partial charge in [-0.2, -0.15) is 0 Å². The molecule has 0 saturated heterocycles. The quantitative estimate of drug-likeness (QED) is 0.714. The number of thiazole rings is 1. The van der Waals surface area contributed by atoms with Crippen LogP contribution in [0.2, 0.25) is 0 Å². The summed E-state index contributed by atoms with van der Waals surface area (Å²) in [6.07, 6.45) is 0. The van der Waals surface area contributed by atoms with Crippen molar-refractivity contribution in [2.75, 3.05) is 5.32 Å². The Morgan fingerprint density at radius 3 is 2.62 bits per heavy atom. The fourth-order valence-electron chi connectivity index (χ4n) is 2.38. The predicted molar refractivity (Wildman–Crippen MR) is 101 cm³/mol. The highest BCUT2D eigenvalue weighted by Gasteiger charge is 2.21. The minimum Gasteiger partial charge on any atom is -0.489 e. The fourth-order valence-corrected chi connectivity index (χ4v) is 3.19. The zero-order valence-electron chi connectivity index (χ0n) is 15.5. The SMILES string of the molecule is Cc1ccc(OCc2c(C(=O)Nc3nc(C)c(C)s3)noc2C)cc1C. The van der Waals surface area contributed by atoms with Crippen molar-refractivity contribution in [1.82, 2.24) is 10.1 Å². The van der Waals surface area contributed by atoms with Gasteiger partial charge in [0.1, 0.15) is 18.1 Å². The number of anilines is 1. The van der Waals surface area contributed by atoms with Crippen LogP contribution in [0.15, 0.2) is 22.7 Å². The normalized spacial score (nSPS) is 10.8. The highest BCUT2D eigenvalue weighted by atomic mass is 32.1. The van der Waals surface area contributed by atoms with Gasteiger partial charge >= 0.3 is 0 Å². The van der Waals surface area contributed by atoms with Crippen LogP contribution in [0.1, 0.15) is 43.5 Å². The molecule has 0 aliphatic carbocycles. The second kappa shape index (κ2) is 7.29. The molecule has 136 valence electrons. The van der Waals surface area contributed by atoms with E-state index < -0.39 is 0 Å². The van der Waals surface area contributed by atoms with Crippen LogP contribution in [0, 0.1) is 34.6 Å². The van der Waals surface area contributed by atoms with Crippen molar-refractivity contribution in [3.8, 4) is 5.75 Å². The van der Waals surface area contributed by atoms with Gasteiger partial charge < -0.3 is 9.26 Å². The lowest BCUT2D eigenvalue weighted by atomic mass is 10.1. The summed E-state index contributed by atoms with van der Waals surface area (Å²) < 4.78 is 11.0. The lowest BCUT2D eigenvalue weighted by Gasteiger charge is -2.08. The zero-order valence-corrected chi connectivity index (χ0v) is 16.3. The van der Waals surface area contributed by atoms with E-state index in [4.69, 9.17) is 9.26 Å². The van der Waals surface area contributed by atoms with Gasteiger partial charge in [-0.3, -0.25) is 10.1 Å². The summed E-state index contributed by atoms with van der Waals surface area (Å²) >= 11 is 1.43. The third kappa shape index (κ3) is 3.77. The first kappa shape index (κ1) is 18.1. The van der Waals surface area contributed by atoms with E-state index in [-0.39, 0.29) is 18.2 Å². The second-order valence-corrected chi connectivity index (χ2v) is 7.42. The largest absolute Gasteiger partial charge is 0.489 e. The van der Waals surface area contributed by atoms with Crippen molar-refractivity contribution < 1.29 is 14.1 Å². The van der Waals surface area contributed by atoms with Crippen LogP contribution in [0.3, 0.4) is 0 Å². The predicted octanol–water partition coefficient (Wildman–Crippen LogP) is 4.50. The molecule has 26 heavy (non-hydrogen) atoms. The molecule has 0 bridgehead atoms. The number of rotatable bonds is 5. The topological polar surface area (TPSA) is 77.2 Å². The number of benzene rings is 1. The number of nitrogens with one attached hydrogen (secondary N) is 1. The molecule has 0 aliphatic heterocycles. The number of aromatic nitrogens is 2. The fraction of sp³-hybridized carbons (Fsp3) is 0.316. The molecule has 0 radical (unpaired) electrons. The molecule has 1 aromatic carbocycles. The monoisotopic (exact) mass is 371 g/mol. The van der Waals surface area contributed by atoms with Crippen molar-refractivity contribution in [1.29, 1.82) is 0 Å². The minimum atomic E-state index is -0.353. The Balaban J connectivity index is 1.75. The highest BCUT2D eigenvalue weighted by molar-refractivity contribution is 7.15. The highest BCUT2D eigenvalue weighted by Crippen LogP contribution is 2.24. The van der Waals surface area contributed by atoms with E-state index in [1.807, 2.05) is 45.9 Å². The lowest BCUT2D eigenvalue weighted by molar-refractivity contribution is 0.101. The molecule has 0 atom stereocenters. The van der Waals surface area contributed by atoms with Gasteiger partial charge in [0.2, 0.25) is 0 Å². The molecule has 7 heteroatoms. The number of carbonyl (C=O) groups is 1. The van der Waals surface area contributed by atoms with Gasteiger partial charge in [0, 0.05) is 4.88 Å². The lowest BCUT2D eigenvalue weighted by Crippen LogP contribution is -2.15. The first-order valence-electron chi connectivity index (χ1n) is 8.25. The number of aryl methyl sites for hydroxylation is 5. The molecule has 3 aromatic rings. The Morgan fingerprint density at radius 2 is 1.96 bits per heavy atom. The number of ether oxygens (including phenoxy) is 1. The van der Waals surface area contributed by atoms with Gasteiger partial charge in [0.05, 0.1) is 11.3 Å². The Hall–Kier alpha value is -2.67. The van der Waals surface area contributed by atoms with E-state index in [9.17, 15) is 4.79 Å². The molecule has 0 fully saturated rings. The van der Waals surface area contributed by atoms with Gasteiger partial charge in [0.25, 0.3) is 5.91 Å². The maximum atomic E-state index is 12.6. The molecule has 6 nitrogen and oxygen atoms in total. The smallest absolute Gasteiger partial charge is 0.280 e. The molecule has 2 heterocycles. The molecule has 3 rings (SSSR count). The summed E-state index contributed by atoms with van der Waals surface area (Å²) in [6, 6.07) is 5.89. The standard InChI is InChI=1S/C19H21N3O3S/c1-10-6-7-15(8-11(10)2)24-9-16-13(4)25-22-17(16)18(23)21-19-20-12(3)14(5)26-19/h6-8H,9H2,1-5H3,(H,20,21,23). The summed E-state index contributed by atoms with van der Waals surface area (Å²) in [5, 5.41) is 7.22. The van der Waals surface area contributed by atoms with Crippen LogP contribution in [0.25, 0.3) is 0 Å². The maximum Gasteiger partial charge on any atom is 0.280 e. The Bertz CT molecular complexity index is 940. The third-order valence-corrected chi connectivity index (χ3v) is 5.30. The Morgan fingerprint density at radius 1 is 1.19 bits per heavy atom. The van der Waals surface area contributed by atoms with E-state index in [2.05, 4.69) is 15.5 Å². The maximum absolute atomic E-state index is 12.6. The number of amides is 1. The average molecular weight is 371 g/mol. The Labute approximate surface area is 156 Å². The third-order valence-electron chi connectivity index (χ3n) is 4.31. The van der Waals surface area contributed by atoms with Crippen LogP contribution in [0.5, 0.6) is 5.75 Å². The van der Waals surface area contributed by atoms with Crippen LogP contribution in [-0.2, 0) is 6.61 Å². The number of carbonyl (C=O) groups excluding carboxylic acids is 1. The van der Waals surface area contributed by atoms with E-state index >= 15 is 0 Å². The zero-order chi connectivity index (χ0) is 18.8. The summed E-state index contributed by atoms with van der Waals surface area (Å²) in [5.74, 6) is 0.950. The van der Waals surface area contributed by atoms with Gasteiger partial charge in [-0.1, -0.05) is 11.2 Å². The van der Waals surface area contributed by atoms with Crippen molar-refractivity contribution in [3.63, 3.8) is 0 Å². The molecular formula is C19H21N3O3S. The van der Waals surface area contributed by atoms with E-state index in [0.717, 1.165) is 21.9 Å². The summed E-state index contributed by atoms with van der Waals surface area (Å²) in [5.41, 5.74) is 4.10. The van der Waals surface area contributed by atoms with Crippen LogP contribution in [0.4, 0.5) is 5.13 Å². The number of nitrogens with zero attached hydrogens (tertiary/aromatic N) is 2. The van der Waals surface area contributed by atoms with Crippen molar-refractivity contribution in [3.05, 3.63) is 56.9 Å². The minimum absolute atomic E-state index is 0.205. The molecular weight excluding hydrogens is 350 g/mol.